The Morgan fingerprint density at radius 1 is 1.21 bits per heavy atom. The molecular weight excluding hydrogens is 391 g/mol. The van der Waals surface area contributed by atoms with Crippen LogP contribution in [-0.4, -0.2) is 37.5 Å². The molecule has 1 unspecified atom stereocenters. The first-order valence-electron chi connectivity index (χ1n) is 8.59. The number of primary amides is 1. The Kier molecular flexibility index (Phi) is 4.60. The summed E-state index contributed by atoms with van der Waals surface area (Å²) < 4.78 is 45.4. The van der Waals surface area contributed by atoms with Gasteiger partial charge in [0.25, 0.3) is 11.7 Å². The van der Waals surface area contributed by atoms with E-state index >= 15 is 0 Å². The molecule has 1 amide bonds. The van der Waals surface area contributed by atoms with E-state index in [9.17, 15) is 18.0 Å². The molecule has 0 bridgehead atoms. The number of hydrogen-bond donors (Lipinski definition) is 1. The van der Waals surface area contributed by atoms with E-state index in [1.165, 1.54) is 24.5 Å². The molecule has 3 aromatic heterocycles. The van der Waals surface area contributed by atoms with Crippen LogP contribution in [0, 0.1) is 0 Å². The summed E-state index contributed by atoms with van der Waals surface area (Å²) in [4.78, 5) is 28.6. The number of nitrogens with zero attached hydrogens (tertiary/aromatic N) is 6. The van der Waals surface area contributed by atoms with Gasteiger partial charge in [-0.15, -0.1) is 0 Å². The number of halogens is 3. The number of pyridine rings is 1. The second kappa shape index (κ2) is 7.11. The lowest BCUT2D eigenvalue weighted by atomic mass is 10.2. The topological polar surface area (TPSA) is 124 Å². The Balaban J connectivity index is 1.77. The summed E-state index contributed by atoms with van der Waals surface area (Å²) in [5.74, 6) is -1.06. The van der Waals surface area contributed by atoms with Crippen molar-refractivity contribution in [3.63, 3.8) is 0 Å². The molecule has 0 saturated carbocycles. The number of hydrogen-bond acceptors (Lipinski definition) is 8. The van der Waals surface area contributed by atoms with Crippen molar-refractivity contribution in [1.82, 2.24) is 25.1 Å². The molecule has 1 saturated heterocycles. The Morgan fingerprint density at radius 3 is 2.62 bits per heavy atom. The number of anilines is 1. The van der Waals surface area contributed by atoms with Gasteiger partial charge in [-0.2, -0.15) is 18.2 Å². The van der Waals surface area contributed by atoms with Crippen LogP contribution >= 0.6 is 0 Å². The van der Waals surface area contributed by atoms with E-state index in [4.69, 9.17) is 10.3 Å². The Morgan fingerprint density at radius 2 is 1.97 bits per heavy atom. The first-order chi connectivity index (χ1) is 13.8. The fourth-order valence-corrected chi connectivity index (χ4v) is 3.13. The molecule has 4 rings (SSSR count). The molecule has 29 heavy (non-hydrogen) atoms. The molecule has 0 aromatic carbocycles. The predicted octanol–water partition coefficient (Wildman–Crippen LogP) is 2.38. The highest BCUT2D eigenvalue weighted by Crippen LogP contribution is 2.37. The average molecular weight is 405 g/mol. The van der Waals surface area contributed by atoms with Gasteiger partial charge in [0, 0.05) is 30.6 Å². The van der Waals surface area contributed by atoms with Crippen LogP contribution in [0.5, 0.6) is 0 Å². The minimum absolute atomic E-state index is 0.0699. The van der Waals surface area contributed by atoms with Crippen molar-refractivity contribution < 1.29 is 22.5 Å². The van der Waals surface area contributed by atoms with Gasteiger partial charge in [-0.25, -0.2) is 9.97 Å². The normalized spacial score (nSPS) is 16.9. The largest absolute Gasteiger partial charge is 0.433 e. The summed E-state index contributed by atoms with van der Waals surface area (Å²) in [6.45, 7) is 0.420. The van der Waals surface area contributed by atoms with Crippen LogP contribution < -0.4 is 10.6 Å². The van der Waals surface area contributed by atoms with Gasteiger partial charge in [-0.1, -0.05) is 5.16 Å². The fourth-order valence-electron chi connectivity index (χ4n) is 3.13. The lowest BCUT2D eigenvalue weighted by Gasteiger charge is -2.24. The van der Waals surface area contributed by atoms with E-state index in [1.807, 2.05) is 0 Å². The summed E-state index contributed by atoms with van der Waals surface area (Å²) in [5.41, 5.74) is 4.47. The van der Waals surface area contributed by atoms with Crippen LogP contribution in [0.25, 0.3) is 11.4 Å². The van der Waals surface area contributed by atoms with E-state index in [0.717, 1.165) is 6.07 Å². The average Bonchev–Trinajstić information content (AvgIpc) is 3.37. The second-order valence-electron chi connectivity index (χ2n) is 6.34. The van der Waals surface area contributed by atoms with Crippen molar-refractivity contribution in [2.75, 3.05) is 11.4 Å². The molecule has 9 nitrogen and oxygen atoms in total. The van der Waals surface area contributed by atoms with Gasteiger partial charge in [-0.05, 0) is 25.0 Å². The van der Waals surface area contributed by atoms with E-state index in [2.05, 4.69) is 25.1 Å². The standard InChI is InChI=1S/C17H14F3N7O2/c18-17(19,20)11-8-12(24-14(23-11)9-3-5-22-6-4-9)27-7-1-2-10(27)16-25-15(13(21)28)26-29-16/h3-6,8,10H,1-2,7H2,(H2,21,28). The van der Waals surface area contributed by atoms with Crippen molar-refractivity contribution in [3.05, 3.63) is 48.0 Å². The van der Waals surface area contributed by atoms with Crippen LogP contribution in [0.2, 0.25) is 0 Å². The van der Waals surface area contributed by atoms with Gasteiger partial charge in [0.2, 0.25) is 5.89 Å². The van der Waals surface area contributed by atoms with Crippen molar-refractivity contribution in [3.8, 4) is 11.4 Å². The zero-order valence-corrected chi connectivity index (χ0v) is 14.8. The number of amides is 1. The summed E-state index contributed by atoms with van der Waals surface area (Å²) in [6, 6.07) is 3.40. The number of rotatable bonds is 4. The maximum atomic E-state index is 13.4. The van der Waals surface area contributed by atoms with E-state index in [0.29, 0.717) is 24.9 Å². The number of carbonyl (C=O) groups is 1. The first-order valence-corrected chi connectivity index (χ1v) is 8.59. The number of carbonyl (C=O) groups excluding carboxylic acids is 1. The first kappa shape index (κ1) is 18.8. The Hall–Kier alpha value is -3.57. The molecule has 1 fully saturated rings. The van der Waals surface area contributed by atoms with Gasteiger partial charge in [0.05, 0.1) is 0 Å². The molecule has 1 aliphatic rings. The Bertz CT molecular complexity index is 1040. The zero-order chi connectivity index (χ0) is 20.6. The lowest BCUT2D eigenvalue weighted by Crippen LogP contribution is -2.25. The monoisotopic (exact) mass is 405 g/mol. The molecule has 0 spiro atoms. The van der Waals surface area contributed by atoms with Crippen LogP contribution in [0.3, 0.4) is 0 Å². The molecule has 0 aliphatic carbocycles. The number of nitrogens with two attached hydrogens (primary N) is 1. The third-order valence-corrected chi connectivity index (χ3v) is 4.44. The quantitative estimate of drug-likeness (QED) is 0.702. The number of aromatic nitrogens is 5. The summed E-state index contributed by atoms with van der Waals surface area (Å²) in [5, 5.41) is 3.50. The molecule has 2 N–H and O–H groups in total. The summed E-state index contributed by atoms with van der Waals surface area (Å²) in [7, 11) is 0. The highest BCUT2D eigenvalue weighted by molar-refractivity contribution is 5.88. The smallest absolute Gasteiger partial charge is 0.363 e. The molecule has 150 valence electrons. The zero-order valence-electron chi connectivity index (χ0n) is 14.8. The van der Waals surface area contributed by atoms with E-state index in [1.54, 1.807) is 4.90 Å². The summed E-state index contributed by atoms with van der Waals surface area (Å²) in [6.07, 6.45) is -0.564. The maximum absolute atomic E-state index is 13.4. The van der Waals surface area contributed by atoms with Crippen LogP contribution in [0.1, 0.15) is 41.1 Å². The second-order valence-corrected chi connectivity index (χ2v) is 6.34. The van der Waals surface area contributed by atoms with Crippen molar-refractivity contribution in [1.29, 1.82) is 0 Å². The number of alkyl halides is 3. The minimum Gasteiger partial charge on any atom is -0.363 e. The third kappa shape index (κ3) is 3.73. The molecule has 1 aliphatic heterocycles. The van der Waals surface area contributed by atoms with Gasteiger partial charge < -0.3 is 15.2 Å². The molecule has 4 heterocycles. The van der Waals surface area contributed by atoms with Gasteiger partial charge in [0.1, 0.15) is 11.9 Å². The molecule has 1 atom stereocenters. The van der Waals surface area contributed by atoms with Crippen molar-refractivity contribution >= 4 is 11.7 Å². The van der Waals surface area contributed by atoms with Crippen LogP contribution in [0.15, 0.2) is 35.1 Å². The van der Waals surface area contributed by atoms with Gasteiger partial charge >= 0.3 is 6.18 Å². The van der Waals surface area contributed by atoms with Gasteiger partial charge in [-0.3, -0.25) is 9.78 Å². The van der Waals surface area contributed by atoms with Crippen molar-refractivity contribution in [2.45, 2.75) is 25.1 Å². The predicted molar refractivity (Wildman–Crippen MR) is 92.4 cm³/mol. The highest BCUT2D eigenvalue weighted by atomic mass is 19.4. The van der Waals surface area contributed by atoms with Gasteiger partial charge in [0.15, 0.2) is 11.5 Å². The summed E-state index contributed by atoms with van der Waals surface area (Å²) >= 11 is 0. The maximum Gasteiger partial charge on any atom is 0.433 e. The Labute approximate surface area is 161 Å². The molecule has 3 aromatic rings. The molecular formula is C17H14F3N7O2. The molecule has 0 radical (unpaired) electrons. The lowest BCUT2D eigenvalue weighted by molar-refractivity contribution is -0.141. The fraction of sp³-hybridized carbons (Fsp3) is 0.294. The minimum atomic E-state index is -4.65. The van der Waals surface area contributed by atoms with Crippen LogP contribution in [-0.2, 0) is 6.18 Å². The van der Waals surface area contributed by atoms with Crippen molar-refractivity contribution in [2.24, 2.45) is 5.73 Å². The molecule has 12 heteroatoms. The highest BCUT2D eigenvalue weighted by Gasteiger charge is 2.37. The van der Waals surface area contributed by atoms with E-state index in [-0.39, 0.29) is 23.4 Å². The van der Waals surface area contributed by atoms with E-state index < -0.39 is 23.8 Å². The SMILES string of the molecule is NC(=O)c1noc(C2CCCN2c2cc(C(F)(F)F)nc(-c3ccncc3)n2)n1. The third-order valence-electron chi connectivity index (χ3n) is 4.44. The van der Waals surface area contributed by atoms with Crippen LogP contribution in [0.4, 0.5) is 19.0 Å².